The molecule has 1 amide bonds. The number of carbonyl (C=O) groups excluding carboxylic acids is 1. The van der Waals surface area contributed by atoms with Gasteiger partial charge in [-0.1, -0.05) is 6.07 Å². The molecule has 98 valence electrons. The molecule has 3 N–H and O–H groups in total. The molecule has 4 nitrogen and oxygen atoms in total. The summed E-state index contributed by atoms with van der Waals surface area (Å²) in [5.74, 6) is -0.0614. The summed E-state index contributed by atoms with van der Waals surface area (Å²) in [6, 6.07) is 4.52. The van der Waals surface area contributed by atoms with E-state index in [4.69, 9.17) is 5.73 Å². The van der Waals surface area contributed by atoms with Crippen LogP contribution in [0.3, 0.4) is 0 Å². The number of nitrogens with one attached hydrogen (secondary N) is 1. The molecule has 1 fully saturated rings. The third-order valence-electron chi connectivity index (χ3n) is 3.81. The second-order valence-electron chi connectivity index (χ2n) is 5.10. The van der Waals surface area contributed by atoms with Gasteiger partial charge in [0.25, 0.3) is 0 Å². The number of hydrogen-bond donors (Lipinski definition) is 2. The molecule has 0 aliphatic heterocycles. The third-order valence-corrected chi connectivity index (χ3v) is 3.81. The second-order valence-corrected chi connectivity index (χ2v) is 5.10. The van der Waals surface area contributed by atoms with Crippen molar-refractivity contribution in [2.24, 2.45) is 11.7 Å². The van der Waals surface area contributed by atoms with Crippen molar-refractivity contribution in [2.75, 3.05) is 0 Å². The third kappa shape index (κ3) is 3.29. The van der Waals surface area contributed by atoms with Crippen LogP contribution in [0.15, 0.2) is 18.3 Å². The molecule has 4 heteroatoms. The fourth-order valence-electron chi connectivity index (χ4n) is 2.53. The van der Waals surface area contributed by atoms with E-state index in [1.807, 2.05) is 12.3 Å². The van der Waals surface area contributed by atoms with Gasteiger partial charge < -0.3 is 11.1 Å². The molecule has 1 aliphatic rings. The van der Waals surface area contributed by atoms with Crippen molar-refractivity contribution in [3.05, 3.63) is 29.6 Å². The molecule has 0 atom stereocenters. The van der Waals surface area contributed by atoms with Crippen LogP contribution in [0.1, 0.15) is 36.9 Å². The van der Waals surface area contributed by atoms with Gasteiger partial charge in [0.2, 0.25) is 5.91 Å². The maximum Gasteiger partial charge on any atom is 0.220 e. The van der Waals surface area contributed by atoms with Crippen molar-refractivity contribution in [3.63, 3.8) is 0 Å². The first-order valence-corrected chi connectivity index (χ1v) is 6.60. The summed E-state index contributed by atoms with van der Waals surface area (Å²) >= 11 is 0. The maximum atomic E-state index is 11.1. The Morgan fingerprint density at radius 3 is 2.78 bits per heavy atom. The van der Waals surface area contributed by atoms with Crippen LogP contribution in [0.4, 0.5) is 0 Å². The van der Waals surface area contributed by atoms with Gasteiger partial charge in [-0.15, -0.1) is 0 Å². The predicted molar refractivity (Wildman–Crippen MR) is 70.8 cm³/mol. The number of nitrogens with zero attached hydrogens (tertiary/aromatic N) is 1. The number of amides is 1. The molecular weight excluding hydrogens is 226 g/mol. The minimum Gasteiger partial charge on any atom is -0.369 e. The van der Waals surface area contributed by atoms with Crippen LogP contribution < -0.4 is 11.1 Å². The first-order valence-electron chi connectivity index (χ1n) is 6.60. The summed E-state index contributed by atoms with van der Waals surface area (Å²) in [4.78, 5) is 15.4. The topological polar surface area (TPSA) is 68.0 Å². The Hall–Kier alpha value is -1.42. The highest BCUT2D eigenvalue weighted by molar-refractivity contribution is 5.76. The normalized spacial score (nSPS) is 23.8. The lowest BCUT2D eigenvalue weighted by atomic mass is 9.85. The van der Waals surface area contributed by atoms with Gasteiger partial charge in [-0.3, -0.25) is 9.78 Å². The molecule has 1 aromatic heterocycles. The standard InChI is InChI=1S/C14H21N3O/c1-10-3-2-8-16-13(10)9-17-12-6-4-11(5-7-12)14(15)18/h2-3,8,11-12,17H,4-7,9H2,1H3,(H2,15,18). The first kappa shape index (κ1) is 13.0. The zero-order chi connectivity index (χ0) is 13.0. The van der Waals surface area contributed by atoms with E-state index in [0.29, 0.717) is 6.04 Å². The molecule has 0 saturated heterocycles. The van der Waals surface area contributed by atoms with Crippen LogP contribution >= 0.6 is 0 Å². The highest BCUT2D eigenvalue weighted by Gasteiger charge is 2.24. The number of pyridine rings is 1. The Kier molecular flexibility index (Phi) is 4.31. The van der Waals surface area contributed by atoms with E-state index in [1.165, 1.54) is 5.56 Å². The van der Waals surface area contributed by atoms with Gasteiger partial charge in [0.15, 0.2) is 0 Å². The van der Waals surface area contributed by atoms with Gasteiger partial charge in [0.05, 0.1) is 5.69 Å². The van der Waals surface area contributed by atoms with Crippen molar-refractivity contribution in [1.82, 2.24) is 10.3 Å². The fourth-order valence-corrected chi connectivity index (χ4v) is 2.53. The number of primary amides is 1. The van der Waals surface area contributed by atoms with E-state index in [2.05, 4.69) is 23.3 Å². The molecule has 2 rings (SSSR count). The number of hydrogen-bond acceptors (Lipinski definition) is 3. The lowest BCUT2D eigenvalue weighted by molar-refractivity contribution is -0.122. The SMILES string of the molecule is Cc1cccnc1CNC1CCC(C(N)=O)CC1. The Balaban J connectivity index is 1.79. The van der Waals surface area contributed by atoms with Gasteiger partial charge in [0.1, 0.15) is 0 Å². The summed E-state index contributed by atoms with van der Waals surface area (Å²) in [5.41, 5.74) is 7.65. The summed E-state index contributed by atoms with van der Waals surface area (Å²) < 4.78 is 0. The van der Waals surface area contributed by atoms with Crippen molar-refractivity contribution >= 4 is 5.91 Å². The van der Waals surface area contributed by atoms with Crippen LogP contribution in [0.25, 0.3) is 0 Å². The highest BCUT2D eigenvalue weighted by Crippen LogP contribution is 2.24. The monoisotopic (exact) mass is 247 g/mol. The van der Waals surface area contributed by atoms with Crippen LogP contribution in [0.5, 0.6) is 0 Å². The Morgan fingerprint density at radius 1 is 1.44 bits per heavy atom. The second kappa shape index (κ2) is 5.96. The van der Waals surface area contributed by atoms with E-state index < -0.39 is 0 Å². The Morgan fingerprint density at radius 2 is 2.17 bits per heavy atom. The van der Waals surface area contributed by atoms with Gasteiger partial charge in [-0.25, -0.2) is 0 Å². The molecule has 0 unspecified atom stereocenters. The van der Waals surface area contributed by atoms with Crippen LogP contribution in [-0.4, -0.2) is 16.9 Å². The predicted octanol–water partition coefficient (Wildman–Crippen LogP) is 1.52. The average Bonchev–Trinajstić information content (AvgIpc) is 2.38. The van der Waals surface area contributed by atoms with E-state index >= 15 is 0 Å². The largest absolute Gasteiger partial charge is 0.369 e. The molecule has 1 aromatic rings. The maximum absolute atomic E-state index is 11.1. The van der Waals surface area contributed by atoms with Gasteiger partial charge in [0, 0.05) is 24.7 Å². The minimum absolute atomic E-state index is 0.0830. The van der Waals surface area contributed by atoms with Crippen molar-refractivity contribution < 1.29 is 4.79 Å². The van der Waals surface area contributed by atoms with E-state index in [9.17, 15) is 4.79 Å². The average molecular weight is 247 g/mol. The lowest BCUT2D eigenvalue weighted by Crippen LogP contribution is -2.36. The van der Waals surface area contributed by atoms with Gasteiger partial charge >= 0.3 is 0 Å². The molecular formula is C14H21N3O. The van der Waals surface area contributed by atoms with Crippen LogP contribution in [0, 0.1) is 12.8 Å². The quantitative estimate of drug-likeness (QED) is 0.847. The molecule has 0 radical (unpaired) electrons. The molecule has 0 spiro atoms. The summed E-state index contributed by atoms with van der Waals surface area (Å²) in [6.45, 7) is 2.88. The Bertz CT molecular complexity index is 411. The molecule has 1 heterocycles. The first-order chi connectivity index (χ1) is 8.66. The van der Waals surface area contributed by atoms with E-state index in [-0.39, 0.29) is 11.8 Å². The number of aryl methyl sites for hydroxylation is 1. The summed E-state index contributed by atoms with van der Waals surface area (Å²) in [5, 5.41) is 3.52. The molecule has 1 saturated carbocycles. The number of nitrogens with two attached hydrogens (primary N) is 1. The fraction of sp³-hybridized carbons (Fsp3) is 0.571. The zero-order valence-corrected chi connectivity index (χ0v) is 10.9. The summed E-state index contributed by atoms with van der Waals surface area (Å²) in [7, 11) is 0. The lowest BCUT2D eigenvalue weighted by Gasteiger charge is -2.27. The summed E-state index contributed by atoms with van der Waals surface area (Å²) in [6.07, 6.45) is 5.70. The number of rotatable bonds is 4. The smallest absolute Gasteiger partial charge is 0.220 e. The molecule has 1 aliphatic carbocycles. The zero-order valence-electron chi connectivity index (χ0n) is 10.9. The highest BCUT2D eigenvalue weighted by atomic mass is 16.1. The van der Waals surface area contributed by atoms with Crippen molar-refractivity contribution in [2.45, 2.75) is 45.2 Å². The molecule has 0 bridgehead atoms. The molecule has 0 aromatic carbocycles. The number of aromatic nitrogens is 1. The van der Waals surface area contributed by atoms with Gasteiger partial charge in [-0.2, -0.15) is 0 Å². The van der Waals surface area contributed by atoms with Crippen molar-refractivity contribution in [1.29, 1.82) is 0 Å². The molecule has 18 heavy (non-hydrogen) atoms. The Labute approximate surface area is 108 Å². The van der Waals surface area contributed by atoms with Gasteiger partial charge in [-0.05, 0) is 44.2 Å². The van der Waals surface area contributed by atoms with E-state index in [0.717, 1.165) is 37.9 Å². The minimum atomic E-state index is -0.144. The number of carbonyl (C=O) groups is 1. The van der Waals surface area contributed by atoms with E-state index in [1.54, 1.807) is 0 Å². The van der Waals surface area contributed by atoms with Crippen LogP contribution in [-0.2, 0) is 11.3 Å². The van der Waals surface area contributed by atoms with Crippen molar-refractivity contribution in [3.8, 4) is 0 Å². The van der Waals surface area contributed by atoms with Crippen LogP contribution in [0.2, 0.25) is 0 Å².